The Morgan fingerprint density at radius 3 is 1.15 bits per heavy atom. The fraction of sp³-hybridized carbons (Fsp3) is 0.500. The molecule has 0 bridgehead atoms. The second kappa shape index (κ2) is 10.5. The van der Waals surface area contributed by atoms with Crippen LogP contribution in [0.4, 0.5) is 0 Å². The number of nitrogens with one attached hydrogen (secondary N) is 1. The summed E-state index contributed by atoms with van der Waals surface area (Å²) < 4.78 is 0. The number of aliphatic hydroxyl groups is 1. The summed E-state index contributed by atoms with van der Waals surface area (Å²) in [6, 6.07) is 18.8. The van der Waals surface area contributed by atoms with Crippen molar-refractivity contribution in [2.45, 2.75) is 40.2 Å². The van der Waals surface area contributed by atoms with Gasteiger partial charge in [-0.2, -0.15) is 0 Å². The maximum atomic E-state index is 9.50. The van der Waals surface area contributed by atoms with Crippen molar-refractivity contribution < 1.29 is 25.2 Å². The Bertz CT molecular complexity index is 576. The summed E-state index contributed by atoms with van der Waals surface area (Å²) in [5.41, 5.74) is 8.95. The predicted octanol–water partition coefficient (Wildman–Crippen LogP) is 6.15. The van der Waals surface area contributed by atoms with Crippen LogP contribution in [0.25, 0.3) is 5.73 Å². The molecule has 1 saturated carbocycles. The van der Waals surface area contributed by atoms with Crippen LogP contribution in [0.5, 0.6) is 0 Å². The van der Waals surface area contributed by atoms with E-state index in [4.69, 9.17) is 5.73 Å². The first-order valence-corrected chi connectivity index (χ1v) is 9.79. The van der Waals surface area contributed by atoms with Gasteiger partial charge in [0.2, 0.25) is 0 Å². The van der Waals surface area contributed by atoms with E-state index in [9.17, 15) is 5.11 Å². The fourth-order valence-corrected chi connectivity index (χ4v) is 4.19. The standard InChI is InChI=1S/C14H14NO.C10H20.Ir/c15-14(11-16,12-7-3-1-4-8-12)13-9-5-2-6-10-13;1-6-7(2)9(4)10(5)8(6)3;/h1-10,15-16H,11H2;6-10H,1-5H3;/q-1;;. The molecule has 2 aromatic rings. The zero-order valence-corrected chi connectivity index (χ0v) is 19.5. The van der Waals surface area contributed by atoms with E-state index in [0.29, 0.717) is 0 Å². The summed E-state index contributed by atoms with van der Waals surface area (Å²) in [4.78, 5) is 0. The molecule has 1 radical (unpaired) electrons. The largest absolute Gasteiger partial charge is 0.662 e. The number of rotatable bonds is 3. The summed E-state index contributed by atoms with van der Waals surface area (Å²) in [5, 5.41) is 9.50. The maximum Gasteiger partial charge on any atom is 0.0377 e. The molecule has 1 aliphatic carbocycles. The van der Waals surface area contributed by atoms with Gasteiger partial charge in [0.15, 0.2) is 0 Å². The van der Waals surface area contributed by atoms with E-state index >= 15 is 0 Å². The van der Waals surface area contributed by atoms with E-state index in [1.807, 2.05) is 60.7 Å². The Kier molecular flexibility index (Phi) is 9.37. The molecule has 0 heterocycles. The third-order valence-electron chi connectivity index (χ3n) is 6.92. The van der Waals surface area contributed by atoms with Gasteiger partial charge >= 0.3 is 0 Å². The maximum absolute atomic E-state index is 9.50. The molecule has 2 N–H and O–H groups in total. The minimum absolute atomic E-state index is 0. The second-order valence-electron chi connectivity index (χ2n) is 8.09. The number of benzene rings is 2. The SMILES string of the molecule is CC1C(C)C(C)C(C)C1C.[Ir].[NH-]C(CO)(c1ccccc1)c1ccccc1. The monoisotopic (exact) mass is 545 g/mol. The zero-order chi connectivity index (χ0) is 19.3. The third-order valence-corrected chi connectivity index (χ3v) is 6.92. The van der Waals surface area contributed by atoms with Gasteiger partial charge in [0.1, 0.15) is 0 Å². The summed E-state index contributed by atoms with van der Waals surface area (Å²) >= 11 is 0. The predicted molar refractivity (Wildman–Crippen MR) is 111 cm³/mol. The first-order chi connectivity index (χ1) is 12.3. The molecular formula is C24H34IrNO-. The average molecular weight is 545 g/mol. The van der Waals surface area contributed by atoms with E-state index in [1.54, 1.807) is 0 Å². The molecular weight excluding hydrogens is 510 g/mol. The van der Waals surface area contributed by atoms with Gasteiger partial charge in [0.25, 0.3) is 0 Å². The number of hydrogen-bond acceptors (Lipinski definition) is 1. The fourth-order valence-electron chi connectivity index (χ4n) is 4.19. The van der Waals surface area contributed by atoms with Crippen molar-refractivity contribution in [2.75, 3.05) is 6.61 Å². The van der Waals surface area contributed by atoms with Crippen molar-refractivity contribution in [2.24, 2.45) is 29.6 Å². The Balaban J connectivity index is 0.000000288. The quantitative estimate of drug-likeness (QED) is 0.495. The Labute approximate surface area is 178 Å². The van der Waals surface area contributed by atoms with Crippen LogP contribution >= 0.6 is 0 Å². The van der Waals surface area contributed by atoms with Gasteiger partial charge in [-0.15, -0.1) is 0 Å². The van der Waals surface area contributed by atoms with Gasteiger partial charge in [-0.25, -0.2) is 0 Å². The minimum atomic E-state index is -1.07. The molecule has 0 atom stereocenters. The first-order valence-electron chi connectivity index (χ1n) is 9.79. The van der Waals surface area contributed by atoms with Gasteiger partial charge < -0.3 is 10.8 Å². The van der Waals surface area contributed by atoms with Crippen molar-refractivity contribution in [3.8, 4) is 0 Å². The molecule has 1 fully saturated rings. The first kappa shape index (κ1) is 24.0. The molecule has 0 unspecified atom stereocenters. The Morgan fingerprint density at radius 2 is 0.926 bits per heavy atom. The number of hydrogen-bond donors (Lipinski definition) is 1. The molecule has 0 saturated heterocycles. The van der Waals surface area contributed by atoms with Crippen molar-refractivity contribution >= 4 is 0 Å². The summed E-state index contributed by atoms with van der Waals surface area (Å²) in [7, 11) is 0. The van der Waals surface area contributed by atoms with Crippen LogP contribution in [0, 0.1) is 29.6 Å². The van der Waals surface area contributed by atoms with E-state index < -0.39 is 5.54 Å². The second-order valence-corrected chi connectivity index (χ2v) is 8.09. The van der Waals surface area contributed by atoms with E-state index in [-0.39, 0.29) is 26.7 Å². The van der Waals surface area contributed by atoms with Crippen LogP contribution in [-0.2, 0) is 25.6 Å². The molecule has 0 aromatic heterocycles. The third kappa shape index (κ3) is 5.29. The molecule has 27 heavy (non-hydrogen) atoms. The van der Waals surface area contributed by atoms with E-state index in [0.717, 1.165) is 40.7 Å². The van der Waals surface area contributed by atoms with E-state index in [1.165, 1.54) is 0 Å². The van der Waals surface area contributed by atoms with Crippen LogP contribution in [0.15, 0.2) is 60.7 Å². The molecule has 0 aliphatic heterocycles. The van der Waals surface area contributed by atoms with Gasteiger partial charge in [-0.05, 0) is 35.1 Å². The van der Waals surface area contributed by atoms with Crippen LogP contribution in [0.2, 0.25) is 0 Å². The zero-order valence-electron chi connectivity index (χ0n) is 17.1. The molecule has 2 aromatic carbocycles. The Hall–Kier alpha value is -0.991. The molecule has 151 valence electrons. The van der Waals surface area contributed by atoms with Crippen molar-refractivity contribution in [3.63, 3.8) is 0 Å². The van der Waals surface area contributed by atoms with Gasteiger partial charge in [0, 0.05) is 26.7 Å². The van der Waals surface area contributed by atoms with Crippen molar-refractivity contribution in [1.29, 1.82) is 0 Å². The van der Waals surface area contributed by atoms with Crippen LogP contribution in [0.3, 0.4) is 0 Å². The summed E-state index contributed by atoms with van der Waals surface area (Å²) in [6.45, 7) is 11.8. The van der Waals surface area contributed by atoms with E-state index in [2.05, 4.69) is 34.6 Å². The Morgan fingerprint density at radius 1 is 0.667 bits per heavy atom. The molecule has 3 heteroatoms. The average Bonchev–Trinajstić information content (AvgIpc) is 2.87. The topological polar surface area (TPSA) is 44.0 Å². The number of aliphatic hydroxyl groups excluding tert-OH is 1. The van der Waals surface area contributed by atoms with Gasteiger partial charge in [0.05, 0.1) is 0 Å². The van der Waals surface area contributed by atoms with Crippen LogP contribution in [-0.4, -0.2) is 11.7 Å². The van der Waals surface area contributed by atoms with Crippen LogP contribution < -0.4 is 0 Å². The molecule has 1 aliphatic rings. The van der Waals surface area contributed by atoms with Crippen LogP contribution in [0.1, 0.15) is 45.7 Å². The molecule has 2 nitrogen and oxygen atoms in total. The van der Waals surface area contributed by atoms with Gasteiger partial charge in [-0.1, -0.05) is 106 Å². The van der Waals surface area contributed by atoms with Gasteiger partial charge in [-0.3, -0.25) is 0 Å². The minimum Gasteiger partial charge on any atom is -0.662 e. The molecule has 0 spiro atoms. The van der Waals surface area contributed by atoms with Crippen molar-refractivity contribution in [1.82, 2.24) is 0 Å². The smallest absolute Gasteiger partial charge is 0.0377 e. The summed E-state index contributed by atoms with van der Waals surface area (Å²) in [6.07, 6.45) is 0. The van der Waals surface area contributed by atoms with Crippen molar-refractivity contribution in [3.05, 3.63) is 77.5 Å². The molecule has 3 rings (SSSR count). The molecule has 0 amide bonds. The normalized spacial score (nSPS) is 27.3. The summed E-state index contributed by atoms with van der Waals surface area (Å²) in [5.74, 6) is 4.68.